The summed E-state index contributed by atoms with van der Waals surface area (Å²) in [6.45, 7) is 8.97. The Bertz CT molecular complexity index is 417. The molecule has 0 saturated heterocycles. The molecule has 1 atom stereocenters. The van der Waals surface area contributed by atoms with Gasteiger partial charge in [0.1, 0.15) is 0 Å². The fourth-order valence-electron chi connectivity index (χ4n) is 2.96. The van der Waals surface area contributed by atoms with Crippen molar-refractivity contribution in [3.63, 3.8) is 0 Å². The van der Waals surface area contributed by atoms with Gasteiger partial charge in [0.05, 0.1) is 0 Å². The van der Waals surface area contributed by atoms with E-state index in [9.17, 15) is 0 Å². The van der Waals surface area contributed by atoms with Crippen molar-refractivity contribution in [3.05, 3.63) is 35.9 Å². The Hall–Kier alpha value is -0.860. The molecule has 0 radical (unpaired) electrons. The van der Waals surface area contributed by atoms with E-state index in [1.807, 2.05) is 0 Å². The van der Waals surface area contributed by atoms with E-state index < -0.39 is 0 Å². The lowest BCUT2D eigenvalue weighted by molar-refractivity contribution is 0.168. The number of hydrogen-bond acceptors (Lipinski definition) is 2. The molecular formula is C19H31NO. The first-order chi connectivity index (χ1) is 9.94. The van der Waals surface area contributed by atoms with E-state index in [1.54, 1.807) is 7.11 Å². The molecule has 0 spiro atoms. The summed E-state index contributed by atoms with van der Waals surface area (Å²) in [6.07, 6.45) is 5.05. The van der Waals surface area contributed by atoms with Crippen molar-refractivity contribution < 1.29 is 4.74 Å². The van der Waals surface area contributed by atoms with Crippen molar-refractivity contribution >= 4 is 0 Å². The number of nitrogens with one attached hydrogen (secondary N) is 1. The summed E-state index contributed by atoms with van der Waals surface area (Å²) in [6, 6.07) is 11.3. The van der Waals surface area contributed by atoms with Crippen LogP contribution in [0.25, 0.3) is 0 Å². The van der Waals surface area contributed by atoms with Gasteiger partial charge in [0, 0.05) is 26.3 Å². The number of hydrogen-bond donors (Lipinski definition) is 1. The van der Waals surface area contributed by atoms with E-state index in [-0.39, 0.29) is 0 Å². The predicted molar refractivity (Wildman–Crippen MR) is 89.4 cm³/mol. The van der Waals surface area contributed by atoms with Gasteiger partial charge in [-0.1, -0.05) is 51.1 Å². The Balaban J connectivity index is 1.97. The second kappa shape index (κ2) is 6.93. The average molecular weight is 289 g/mol. The van der Waals surface area contributed by atoms with Gasteiger partial charge in [0.15, 0.2) is 0 Å². The molecule has 2 nitrogen and oxygen atoms in total. The monoisotopic (exact) mass is 289 g/mol. The Morgan fingerprint density at radius 2 is 1.86 bits per heavy atom. The fraction of sp³-hybridized carbons (Fsp3) is 0.684. The van der Waals surface area contributed by atoms with Crippen LogP contribution in [0.3, 0.4) is 0 Å². The van der Waals surface area contributed by atoms with Gasteiger partial charge < -0.3 is 10.1 Å². The lowest BCUT2D eigenvalue weighted by Gasteiger charge is -2.29. The Kier molecular flexibility index (Phi) is 5.45. The molecule has 1 N–H and O–H groups in total. The number of rotatable bonds is 8. The van der Waals surface area contributed by atoms with Crippen LogP contribution in [0.1, 0.15) is 58.1 Å². The van der Waals surface area contributed by atoms with E-state index in [1.165, 1.54) is 24.8 Å². The Morgan fingerprint density at radius 1 is 1.19 bits per heavy atom. The van der Waals surface area contributed by atoms with E-state index in [4.69, 9.17) is 4.74 Å². The van der Waals surface area contributed by atoms with E-state index in [0.29, 0.717) is 16.9 Å². The molecule has 118 valence electrons. The molecule has 1 aromatic rings. The minimum absolute atomic E-state index is 0.330. The molecule has 1 saturated carbocycles. The van der Waals surface area contributed by atoms with Crippen LogP contribution in [-0.2, 0) is 4.74 Å². The van der Waals surface area contributed by atoms with Crippen LogP contribution in [0.15, 0.2) is 30.3 Å². The molecule has 0 amide bonds. The largest absolute Gasteiger partial charge is 0.385 e. The number of ether oxygens (including phenoxy) is 1. The molecule has 0 bridgehead atoms. The minimum atomic E-state index is 0.330. The number of benzene rings is 1. The minimum Gasteiger partial charge on any atom is -0.385 e. The summed E-state index contributed by atoms with van der Waals surface area (Å²) in [5.41, 5.74) is 2.24. The highest BCUT2D eigenvalue weighted by Crippen LogP contribution is 2.48. The lowest BCUT2D eigenvalue weighted by Crippen LogP contribution is -2.31. The Morgan fingerprint density at radius 3 is 2.38 bits per heavy atom. The van der Waals surface area contributed by atoms with Gasteiger partial charge in [-0.2, -0.15) is 0 Å². The molecule has 0 aromatic heterocycles. The zero-order chi connectivity index (χ0) is 15.3. The molecular weight excluding hydrogens is 258 g/mol. The third-order valence-electron chi connectivity index (χ3n) is 4.54. The van der Waals surface area contributed by atoms with Crippen molar-refractivity contribution in [3.8, 4) is 0 Å². The van der Waals surface area contributed by atoms with Crippen LogP contribution in [0, 0.1) is 10.8 Å². The van der Waals surface area contributed by atoms with Crippen LogP contribution >= 0.6 is 0 Å². The second-order valence-electron chi connectivity index (χ2n) is 7.85. The summed E-state index contributed by atoms with van der Waals surface area (Å²) >= 11 is 0. The molecule has 1 aliphatic rings. The first-order valence-electron chi connectivity index (χ1n) is 8.21. The third kappa shape index (κ3) is 5.44. The molecule has 1 unspecified atom stereocenters. The molecule has 1 aromatic carbocycles. The lowest BCUT2D eigenvalue weighted by atomic mass is 9.85. The molecule has 1 aliphatic carbocycles. The normalized spacial score (nSPS) is 18.5. The van der Waals surface area contributed by atoms with Crippen LogP contribution in [0.2, 0.25) is 0 Å². The van der Waals surface area contributed by atoms with Crippen molar-refractivity contribution in [2.45, 2.75) is 52.5 Å². The second-order valence-corrected chi connectivity index (χ2v) is 7.85. The zero-order valence-electron chi connectivity index (χ0n) is 14.1. The van der Waals surface area contributed by atoms with Crippen LogP contribution in [0.5, 0.6) is 0 Å². The van der Waals surface area contributed by atoms with E-state index >= 15 is 0 Å². The smallest absolute Gasteiger partial charge is 0.0468 e. The summed E-state index contributed by atoms with van der Waals surface area (Å²) in [5.74, 6) is 0. The Labute approximate surface area is 130 Å². The highest BCUT2D eigenvalue weighted by Gasteiger charge is 2.42. The first-order valence-corrected chi connectivity index (χ1v) is 8.21. The average Bonchev–Trinajstić information content (AvgIpc) is 3.22. The molecule has 0 aliphatic heterocycles. The fourth-order valence-corrected chi connectivity index (χ4v) is 2.96. The highest BCUT2D eigenvalue weighted by molar-refractivity contribution is 5.19. The van der Waals surface area contributed by atoms with Crippen molar-refractivity contribution in [2.75, 3.05) is 20.3 Å². The van der Waals surface area contributed by atoms with Gasteiger partial charge in [-0.25, -0.2) is 0 Å². The van der Waals surface area contributed by atoms with Crippen molar-refractivity contribution in [1.82, 2.24) is 5.32 Å². The zero-order valence-corrected chi connectivity index (χ0v) is 14.1. The highest BCUT2D eigenvalue weighted by atomic mass is 16.5. The number of methoxy groups -OCH3 is 1. The van der Waals surface area contributed by atoms with Gasteiger partial charge in [-0.15, -0.1) is 0 Å². The maximum absolute atomic E-state index is 5.26. The maximum atomic E-state index is 5.26. The quantitative estimate of drug-likeness (QED) is 0.757. The standard InChI is InChI=1S/C19H31NO/c1-18(2,3)14-17(16-8-6-5-7-9-16)20-15-19(10-11-19)12-13-21-4/h5-9,17,20H,10-15H2,1-4H3. The molecule has 2 heteroatoms. The third-order valence-corrected chi connectivity index (χ3v) is 4.54. The van der Waals surface area contributed by atoms with Crippen molar-refractivity contribution in [2.24, 2.45) is 10.8 Å². The molecule has 2 rings (SSSR count). The van der Waals surface area contributed by atoms with Crippen molar-refractivity contribution in [1.29, 1.82) is 0 Å². The van der Waals surface area contributed by atoms with Gasteiger partial charge in [0.2, 0.25) is 0 Å². The molecule has 0 heterocycles. The van der Waals surface area contributed by atoms with E-state index in [0.717, 1.165) is 19.6 Å². The molecule has 1 fully saturated rings. The topological polar surface area (TPSA) is 21.3 Å². The molecule has 21 heavy (non-hydrogen) atoms. The maximum Gasteiger partial charge on any atom is 0.0468 e. The van der Waals surface area contributed by atoms with Gasteiger partial charge in [-0.05, 0) is 42.1 Å². The van der Waals surface area contributed by atoms with Crippen LogP contribution < -0.4 is 5.32 Å². The van der Waals surface area contributed by atoms with Gasteiger partial charge >= 0.3 is 0 Å². The van der Waals surface area contributed by atoms with Crippen LogP contribution in [-0.4, -0.2) is 20.3 Å². The van der Waals surface area contributed by atoms with Crippen LogP contribution in [0.4, 0.5) is 0 Å². The summed E-state index contributed by atoms with van der Waals surface area (Å²) in [7, 11) is 1.80. The SMILES string of the molecule is COCCC1(CNC(CC(C)(C)C)c2ccccc2)CC1. The summed E-state index contributed by atoms with van der Waals surface area (Å²) < 4.78 is 5.26. The summed E-state index contributed by atoms with van der Waals surface area (Å²) in [5, 5.41) is 3.85. The van der Waals surface area contributed by atoms with Gasteiger partial charge in [-0.3, -0.25) is 0 Å². The first kappa shape index (κ1) is 16.5. The van der Waals surface area contributed by atoms with Gasteiger partial charge in [0.25, 0.3) is 0 Å². The predicted octanol–water partition coefficient (Wildman–Crippen LogP) is 4.57. The van der Waals surface area contributed by atoms with E-state index in [2.05, 4.69) is 56.4 Å². The summed E-state index contributed by atoms with van der Waals surface area (Å²) in [4.78, 5) is 0.